The molecular weight excluding hydrogens is 178 g/mol. The van der Waals surface area contributed by atoms with Gasteiger partial charge in [-0.2, -0.15) is 4.98 Å². The van der Waals surface area contributed by atoms with E-state index in [1.54, 1.807) is 0 Å². The van der Waals surface area contributed by atoms with Crippen molar-refractivity contribution in [1.82, 2.24) is 15.5 Å². The fourth-order valence-corrected chi connectivity index (χ4v) is 1.67. The van der Waals surface area contributed by atoms with Gasteiger partial charge in [0.2, 0.25) is 5.89 Å². The normalized spacial score (nSPS) is 18.4. The lowest BCUT2D eigenvalue weighted by molar-refractivity contribution is 0.370. The van der Waals surface area contributed by atoms with E-state index in [1.165, 1.54) is 25.6 Å². The summed E-state index contributed by atoms with van der Waals surface area (Å²) in [4.78, 5) is 3.97. The highest BCUT2D eigenvalue weighted by molar-refractivity contribution is 4.80. The monoisotopic (exact) mass is 195 g/mol. The number of hydrogen-bond donors (Lipinski definition) is 1. The molecule has 1 aromatic rings. The van der Waals surface area contributed by atoms with Gasteiger partial charge in [0.1, 0.15) is 0 Å². The highest BCUT2D eigenvalue weighted by Crippen LogP contribution is 2.33. The van der Waals surface area contributed by atoms with Gasteiger partial charge >= 0.3 is 0 Å². The van der Waals surface area contributed by atoms with Crippen molar-refractivity contribution >= 4 is 0 Å². The number of nitrogens with zero attached hydrogens (tertiary/aromatic N) is 2. The quantitative estimate of drug-likeness (QED) is 0.745. The lowest BCUT2D eigenvalue weighted by Crippen LogP contribution is -2.28. The molecule has 0 spiro atoms. The van der Waals surface area contributed by atoms with E-state index < -0.39 is 0 Å². The minimum atomic E-state index is 0.616. The molecule has 14 heavy (non-hydrogen) atoms. The minimum Gasteiger partial charge on any atom is -0.340 e. The Morgan fingerprint density at radius 2 is 2.50 bits per heavy atom. The van der Waals surface area contributed by atoms with E-state index in [0.29, 0.717) is 6.04 Å². The zero-order valence-corrected chi connectivity index (χ0v) is 8.57. The molecule has 1 atom stereocenters. The van der Waals surface area contributed by atoms with Crippen molar-refractivity contribution in [2.24, 2.45) is 5.92 Å². The average molecular weight is 195 g/mol. The Morgan fingerprint density at radius 3 is 3.14 bits per heavy atom. The molecule has 1 aliphatic carbocycles. The second-order valence-corrected chi connectivity index (χ2v) is 4.12. The van der Waals surface area contributed by atoms with Gasteiger partial charge in [0.25, 0.3) is 0 Å². The lowest BCUT2D eigenvalue weighted by atomic mass is 10.1. The molecule has 1 N–H and O–H groups in total. The maximum absolute atomic E-state index is 4.91. The van der Waals surface area contributed by atoms with Gasteiger partial charge in [-0.15, -0.1) is 0 Å². The molecule has 0 saturated heterocycles. The van der Waals surface area contributed by atoms with Crippen LogP contribution in [0.3, 0.4) is 0 Å². The molecule has 1 heterocycles. The topological polar surface area (TPSA) is 51.0 Å². The van der Waals surface area contributed by atoms with E-state index in [1.807, 2.05) is 0 Å². The molecule has 2 rings (SSSR count). The molecule has 0 amide bonds. The summed E-state index contributed by atoms with van der Waals surface area (Å²) in [6, 6.07) is 0.616. The highest BCUT2D eigenvalue weighted by Gasteiger charge is 2.23. The fraction of sp³-hybridized carbons (Fsp3) is 0.800. The Kier molecular flexibility index (Phi) is 3.14. The van der Waals surface area contributed by atoms with Crippen molar-refractivity contribution < 1.29 is 4.52 Å². The molecule has 0 aromatic carbocycles. The number of nitrogens with one attached hydrogen (secondary N) is 1. The molecule has 0 aliphatic heterocycles. The summed E-state index contributed by atoms with van der Waals surface area (Å²) in [5.41, 5.74) is 0. The van der Waals surface area contributed by atoms with Crippen LogP contribution in [0.25, 0.3) is 0 Å². The molecule has 1 unspecified atom stereocenters. The molecule has 4 heteroatoms. The van der Waals surface area contributed by atoms with Crippen LogP contribution in [0.1, 0.15) is 32.1 Å². The maximum atomic E-state index is 4.91. The van der Waals surface area contributed by atoms with E-state index in [9.17, 15) is 0 Å². The first-order chi connectivity index (χ1) is 6.84. The minimum absolute atomic E-state index is 0.616. The van der Waals surface area contributed by atoms with Gasteiger partial charge in [-0.1, -0.05) is 18.0 Å². The summed E-state index contributed by atoms with van der Waals surface area (Å²) >= 11 is 0. The highest BCUT2D eigenvalue weighted by atomic mass is 16.5. The molecule has 78 valence electrons. The maximum Gasteiger partial charge on any atom is 0.227 e. The van der Waals surface area contributed by atoms with Crippen LogP contribution in [0, 0.1) is 5.92 Å². The first kappa shape index (κ1) is 9.65. The second-order valence-electron chi connectivity index (χ2n) is 4.12. The first-order valence-electron chi connectivity index (χ1n) is 5.33. The van der Waals surface area contributed by atoms with E-state index in [-0.39, 0.29) is 0 Å². The van der Waals surface area contributed by atoms with Crippen LogP contribution in [0.5, 0.6) is 0 Å². The fourth-order valence-electron chi connectivity index (χ4n) is 1.67. The second kappa shape index (κ2) is 4.55. The molecule has 0 radical (unpaired) electrons. The van der Waals surface area contributed by atoms with E-state index in [4.69, 9.17) is 4.52 Å². The van der Waals surface area contributed by atoms with Gasteiger partial charge in [0.15, 0.2) is 6.33 Å². The molecule has 1 fully saturated rings. The Bertz CT molecular complexity index is 256. The van der Waals surface area contributed by atoms with Crippen LogP contribution < -0.4 is 5.32 Å². The smallest absolute Gasteiger partial charge is 0.227 e. The predicted molar refractivity (Wildman–Crippen MR) is 52.8 cm³/mol. The molecule has 4 nitrogen and oxygen atoms in total. The van der Waals surface area contributed by atoms with Crippen LogP contribution in [0.15, 0.2) is 10.9 Å². The van der Waals surface area contributed by atoms with Crippen LogP contribution in [-0.2, 0) is 6.42 Å². The predicted octanol–water partition coefficient (Wildman–Crippen LogP) is 1.39. The van der Waals surface area contributed by atoms with Gasteiger partial charge in [-0.05, 0) is 19.3 Å². The SMILES string of the molecule is CC(CC1CC1)NCCc1ncno1. The van der Waals surface area contributed by atoms with E-state index in [2.05, 4.69) is 22.4 Å². The van der Waals surface area contributed by atoms with Gasteiger partial charge < -0.3 is 9.84 Å². The van der Waals surface area contributed by atoms with Crippen LogP contribution in [0.4, 0.5) is 0 Å². The largest absolute Gasteiger partial charge is 0.340 e. The van der Waals surface area contributed by atoms with Crippen molar-refractivity contribution in [3.05, 3.63) is 12.2 Å². The van der Waals surface area contributed by atoms with Crippen molar-refractivity contribution in [2.75, 3.05) is 6.54 Å². The average Bonchev–Trinajstić information content (AvgIpc) is 2.82. The summed E-state index contributed by atoms with van der Waals surface area (Å²) in [6.45, 7) is 3.17. The van der Waals surface area contributed by atoms with Crippen molar-refractivity contribution in [2.45, 2.75) is 38.6 Å². The van der Waals surface area contributed by atoms with Crippen LogP contribution in [-0.4, -0.2) is 22.7 Å². The van der Waals surface area contributed by atoms with Gasteiger partial charge in [-0.25, -0.2) is 0 Å². The summed E-state index contributed by atoms with van der Waals surface area (Å²) in [6.07, 6.45) is 6.44. The zero-order chi connectivity index (χ0) is 9.80. The van der Waals surface area contributed by atoms with Crippen molar-refractivity contribution in [3.63, 3.8) is 0 Å². The summed E-state index contributed by atoms with van der Waals surface area (Å²) in [5, 5.41) is 7.03. The zero-order valence-electron chi connectivity index (χ0n) is 8.57. The van der Waals surface area contributed by atoms with Gasteiger partial charge in [0.05, 0.1) is 0 Å². The van der Waals surface area contributed by atoms with Gasteiger partial charge in [-0.3, -0.25) is 0 Å². The molecule has 1 aliphatic rings. The Balaban J connectivity index is 1.57. The third-order valence-electron chi connectivity index (χ3n) is 2.62. The Morgan fingerprint density at radius 1 is 1.64 bits per heavy atom. The third kappa shape index (κ3) is 3.10. The van der Waals surface area contributed by atoms with Crippen molar-refractivity contribution in [3.8, 4) is 0 Å². The summed E-state index contributed by atoms with van der Waals surface area (Å²) < 4.78 is 4.91. The standard InChI is InChI=1S/C10H17N3O/c1-8(6-9-2-3-9)11-5-4-10-12-7-13-14-10/h7-9,11H,2-6H2,1H3. The molecule has 0 bridgehead atoms. The molecular formula is C10H17N3O. The van der Waals surface area contributed by atoms with E-state index >= 15 is 0 Å². The third-order valence-corrected chi connectivity index (χ3v) is 2.62. The number of rotatable bonds is 6. The number of hydrogen-bond acceptors (Lipinski definition) is 4. The number of aromatic nitrogens is 2. The first-order valence-corrected chi connectivity index (χ1v) is 5.33. The Labute approximate surface area is 84.1 Å². The summed E-state index contributed by atoms with van der Waals surface area (Å²) in [7, 11) is 0. The molecule has 1 saturated carbocycles. The van der Waals surface area contributed by atoms with Crippen LogP contribution >= 0.6 is 0 Å². The van der Waals surface area contributed by atoms with E-state index in [0.717, 1.165) is 24.8 Å². The van der Waals surface area contributed by atoms with Crippen LogP contribution in [0.2, 0.25) is 0 Å². The molecule has 1 aromatic heterocycles. The lowest BCUT2D eigenvalue weighted by Gasteiger charge is -2.11. The van der Waals surface area contributed by atoms with Gasteiger partial charge in [0, 0.05) is 19.0 Å². The Hall–Kier alpha value is -0.900. The van der Waals surface area contributed by atoms with Crippen molar-refractivity contribution in [1.29, 1.82) is 0 Å². The summed E-state index contributed by atoms with van der Waals surface area (Å²) in [5.74, 6) is 1.71.